The number of benzene rings is 4. The quantitative estimate of drug-likeness (QED) is 0.0313. The Hall–Kier alpha value is -5.82. The van der Waals surface area contributed by atoms with Crippen LogP contribution in [0, 0.1) is 0 Å². The summed E-state index contributed by atoms with van der Waals surface area (Å²) in [7, 11) is 0. The molecule has 0 aromatic heterocycles. The largest absolute Gasteiger partial charge is 0.508 e. The maximum atomic E-state index is 13.8. The van der Waals surface area contributed by atoms with Crippen molar-refractivity contribution in [3.63, 3.8) is 0 Å². The van der Waals surface area contributed by atoms with E-state index in [-0.39, 0.29) is 49.2 Å². The molecule has 4 amide bonds. The normalized spacial score (nSPS) is 12.4. The van der Waals surface area contributed by atoms with Crippen LogP contribution in [0.15, 0.2) is 114 Å². The third-order valence-electron chi connectivity index (χ3n) is 8.40. The molecule has 0 radical (unpaired) electrons. The second-order valence-electron chi connectivity index (χ2n) is 12.5. The van der Waals surface area contributed by atoms with Gasteiger partial charge in [-0.25, -0.2) is 0 Å². The molecular weight excluding hydrogens is 691 g/mol. The average Bonchev–Trinajstić information content (AvgIpc) is 3.16. The molecule has 4 aromatic carbocycles. The van der Waals surface area contributed by atoms with Gasteiger partial charge in [-0.1, -0.05) is 97.1 Å². The van der Waals surface area contributed by atoms with Crippen molar-refractivity contribution in [1.29, 1.82) is 0 Å². The van der Waals surface area contributed by atoms with Crippen molar-refractivity contribution in [3.8, 4) is 16.9 Å². The fraction of sp³-hybridized carbons (Fsp3) is 0.275. The number of rotatable bonds is 19. The summed E-state index contributed by atoms with van der Waals surface area (Å²) in [6.45, 7) is 0.540. The Morgan fingerprint density at radius 1 is 0.660 bits per heavy atom. The first-order chi connectivity index (χ1) is 25.6. The minimum Gasteiger partial charge on any atom is -0.508 e. The Kier molecular flexibility index (Phi) is 15.7. The number of nitrogens with one attached hydrogen (secondary N) is 4. The molecule has 0 saturated carbocycles. The lowest BCUT2D eigenvalue weighted by Crippen LogP contribution is -2.57. The fourth-order valence-corrected chi connectivity index (χ4v) is 5.82. The van der Waals surface area contributed by atoms with Gasteiger partial charge in [0.15, 0.2) is 5.96 Å². The molecule has 0 aliphatic rings. The Morgan fingerprint density at radius 2 is 1.25 bits per heavy atom. The van der Waals surface area contributed by atoms with Gasteiger partial charge in [-0.2, -0.15) is 12.6 Å². The van der Waals surface area contributed by atoms with Gasteiger partial charge in [-0.05, 0) is 59.2 Å². The molecule has 0 heterocycles. The highest BCUT2D eigenvalue weighted by Crippen LogP contribution is 2.19. The Balaban J connectivity index is 1.42. The summed E-state index contributed by atoms with van der Waals surface area (Å²) in [4.78, 5) is 57.8. The lowest BCUT2D eigenvalue weighted by atomic mass is 10.0. The van der Waals surface area contributed by atoms with Gasteiger partial charge in [0.05, 0.1) is 6.42 Å². The molecule has 12 nitrogen and oxygen atoms in total. The number of nitrogens with zero attached hydrogens (tertiary/aromatic N) is 1. The van der Waals surface area contributed by atoms with E-state index in [0.29, 0.717) is 24.9 Å². The lowest BCUT2D eigenvalue weighted by Gasteiger charge is -2.25. The highest BCUT2D eigenvalue weighted by Gasteiger charge is 2.29. The van der Waals surface area contributed by atoms with Gasteiger partial charge in [0, 0.05) is 25.3 Å². The van der Waals surface area contributed by atoms with Crippen LogP contribution in [0.25, 0.3) is 11.1 Å². The Bertz CT molecular complexity index is 1800. The van der Waals surface area contributed by atoms with Gasteiger partial charge in [-0.3, -0.25) is 24.2 Å². The molecule has 0 aliphatic carbocycles. The number of amides is 4. The van der Waals surface area contributed by atoms with Crippen LogP contribution in [0.5, 0.6) is 5.75 Å². The molecule has 278 valence electrons. The summed E-state index contributed by atoms with van der Waals surface area (Å²) in [6, 6.07) is 30.3. The van der Waals surface area contributed by atoms with E-state index in [2.05, 4.69) is 38.9 Å². The molecular formula is C40H47N7O5S. The standard InChI is InChI=1S/C40H47N7O5S/c41-40(42)44-22-7-12-33(46-39(52)35(26-53)45-36(49)25-29-13-17-31(18-14-29)30-10-5-2-6-11-30)38(51)47-34(24-28-15-19-32(48)20-16-28)37(50)43-23-21-27-8-3-1-4-9-27/h1-6,8-11,13-20,33-35,48,53H,7,12,21-26H2,(H,43,50)(H,45,49)(H,46,52)(H,47,51)(H4,41,42,44)/t33-,34-,35-/m0/s1. The van der Waals surface area contributed by atoms with Crippen molar-refractivity contribution in [2.24, 2.45) is 16.5 Å². The maximum absolute atomic E-state index is 13.8. The highest BCUT2D eigenvalue weighted by atomic mass is 32.1. The number of phenols is 1. The smallest absolute Gasteiger partial charge is 0.244 e. The maximum Gasteiger partial charge on any atom is 0.244 e. The number of aromatic hydroxyl groups is 1. The molecule has 0 unspecified atom stereocenters. The topological polar surface area (TPSA) is 201 Å². The number of thiol groups is 1. The van der Waals surface area contributed by atoms with Crippen molar-refractivity contribution in [1.82, 2.24) is 21.3 Å². The van der Waals surface area contributed by atoms with Crippen molar-refractivity contribution in [2.45, 2.75) is 50.2 Å². The van der Waals surface area contributed by atoms with Crippen molar-refractivity contribution >= 4 is 42.2 Å². The average molecular weight is 738 g/mol. The van der Waals surface area contributed by atoms with Crippen LogP contribution in [0.3, 0.4) is 0 Å². The van der Waals surface area contributed by atoms with E-state index < -0.39 is 35.8 Å². The summed E-state index contributed by atoms with van der Waals surface area (Å²) in [5.41, 5.74) is 15.5. The monoisotopic (exact) mass is 737 g/mol. The van der Waals surface area contributed by atoms with Crippen molar-refractivity contribution in [2.75, 3.05) is 18.8 Å². The van der Waals surface area contributed by atoms with Crippen LogP contribution in [-0.4, -0.2) is 71.7 Å². The van der Waals surface area contributed by atoms with Crippen molar-refractivity contribution < 1.29 is 24.3 Å². The molecule has 4 aromatic rings. The Morgan fingerprint density at radius 3 is 1.89 bits per heavy atom. The molecule has 0 spiro atoms. The minimum atomic E-state index is -1.10. The highest BCUT2D eigenvalue weighted by molar-refractivity contribution is 7.80. The van der Waals surface area contributed by atoms with Gasteiger partial charge >= 0.3 is 0 Å². The number of guanidine groups is 1. The molecule has 0 fully saturated rings. The van der Waals surface area contributed by atoms with Crippen LogP contribution >= 0.6 is 12.6 Å². The number of nitrogens with two attached hydrogens (primary N) is 2. The third-order valence-corrected chi connectivity index (χ3v) is 8.77. The number of aliphatic imine (C=N–C) groups is 1. The van der Waals surface area contributed by atoms with E-state index in [0.717, 1.165) is 22.3 Å². The second kappa shape index (κ2) is 20.9. The molecule has 9 N–H and O–H groups in total. The number of carbonyl (C=O) groups excluding carboxylic acids is 4. The molecule has 4 rings (SSSR count). The minimum absolute atomic E-state index is 0.0276. The summed E-state index contributed by atoms with van der Waals surface area (Å²) >= 11 is 4.30. The van der Waals surface area contributed by atoms with E-state index in [9.17, 15) is 24.3 Å². The summed E-state index contributed by atoms with van der Waals surface area (Å²) in [5, 5.41) is 20.9. The predicted octanol–water partition coefficient (Wildman–Crippen LogP) is 2.64. The number of hydrogen-bond acceptors (Lipinski definition) is 7. The first-order valence-corrected chi connectivity index (χ1v) is 18.0. The molecule has 0 saturated heterocycles. The zero-order chi connectivity index (χ0) is 38.0. The van der Waals surface area contributed by atoms with Crippen LogP contribution in [0.2, 0.25) is 0 Å². The number of hydrogen-bond donors (Lipinski definition) is 8. The van der Waals surface area contributed by atoms with E-state index in [1.807, 2.05) is 84.9 Å². The Labute approximate surface area is 315 Å². The van der Waals surface area contributed by atoms with E-state index >= 15 is 0 Å². The molecule has 0 bridgehead atoms. The molecule has 53 heavy (non-hydrogen) atoms. The fourth-order valence-electron chi connectivity index (χ4n) is 5.56. The third kappa shape index (κ3) is 13.7. The summed E-state index contributed by atoms with van der Waals surface area (Å²) < 4.78 is 0. The van der Waals surface area contributed by atoms with E-state index in [1.165, 1.54) is 12.1 Å². The predicted molar refractivity (Wildman–Crippen MR) is 210 cm³/mol. The van der Waals surface area contributed by atoms with Gasteiger partial charge in [0.1, 0.15) is 23.9 Å². The van der Waals surface area contributed by atoms with Gasteiger partial charge < -0.3 is 37.8 Å². The molecule has 3 atom stereocenters. The first-order valence-electron chi connectivity index (χ1n) is 17.4. The summed E-state index contributed by atoms with van der Waals surface area (Å²) in [6.07, 6.45) is 1.22. The number of carbonyl (C=O) groups is 4. The van der Waals surface area contributed by atoms with Gasteiger partial charge in [0.25, 0.3) is 0 Å². The lowest BCUT2D eigenvalue weighted by molar-refractivity contribution is -0.133. The van der Waals surface area contributed by atoms with Gasteiger partial charge in [0.2, 0.25) is 23.6 Å². The van der Waals surface area contributed by atoms with Gasteiger partial charge in [-0.15, -0.1) is 0 Å². The zero-order valence-corrected chi connectivity index (χ0v) is 30.3. The van der Waals surface area contributed by atoms with Crippen molar-refractivity contribution in [3.05, 3.63) is 126 Å². The van der Waals surface area contributed by atoms with Crippen LogP contribution in [0.1, 0.15) is 29.5 Å². The van der Waals surface area contributed by atoms with E-state index in [4.69, 9.17) is 11.5 Å². The first kappa shape index (κ1) is 40.0. The molecule has 0 aliphatic heterocycles. The molecule has 13 heteroatoms. The zero-order valence-electron chi connectivity index (χ0n) is 29.4. The van der Waals surface area contributed by atoms with Crippen LogP contribution < -0.4 is 32.7 Å². The van der Waals surface area contributed by atoms with Crippen LogP contribution in [-0.2, 0) is 38.4 Å². The second-order valence-corrected chi connectivity index (χ2v) is 12.9. The van der Waals surface area contributed by atoms with Crippen LogP contribution in [0.4, 0.5) is 0 Å². The SMILES string of the molecule is NC(N)=NCCC[C@H](NC(=O)[C@H](CS)NC(=O)Cc1ccc(-c2ccccc2)cc1)C(=O)N[C@@H](Cc1ccc(O)cc1)C(=O)NCCc1ccccc1. The van der Waals surface area contributed by atoms with E-state index in [1.54, 1.807) is 12.1 Å². The summed E-state index contributed by atoms with van der Waals surface area (Å²) in [5.74, 6) is -2.09. The number of phenolic OH excluding ortho intramolecular Hbond substituents is 1.